The molecule has 0 saturated heterocycles. The first kappa shape index (κ1) is 45.4. The van der Waals surface area contributed by atoms with Gasteiger partial charge in [0.2, 0.25) is 0 Å². The Hall–Kier alpha value is -7.07. The summed E-state index contributed by atoms with van der Waals surface area (Å²) in [5.41, 5.74) is 4.38. The van der Waals surface area contributed by atoms with E-state index < -0.39 is 0 Å². The van der Waals surface area contributed by atoms with Crippen LogP contribution in [0.3, 0.4) is 0 Å². The Bertz CT molecular complexity index is 3370. The van der Waals surface area contributed by atoms with Gasteiger partial charge in [0, 0.05) is 87.5 Å². The lowest BCUT2D eigenvalue weighted by Crippen LogP contribution is -2.43. The Balaban J connectivity index is 0.000000115. The molecule has 0 atom stereocenters. The van der Waals surface area contributed by atoms with Gasteiger partial charge >= 0.3 is 5.69 Å². The molecule has 3 fully saturated rings. The molecule has 3 saturated carbocycles. The summed E-state index contributed by atoms with van der Waals surface area (Å²) < 4.78 is 6.96. The molecule has 22 heteroatoms. The van der Waals surface area contributed by atoms with Crippen molar-refractivity contribution in [1.82, 2.24) is 54.0 Å². The van der Waals surface area contributed by atoms with Gasteiger partial charge in [0.1, 0.15) is 0 Å². The molecular formula is C48H48ClN17OS3. The molecule has 0 spiro atoms. The number of fused-ring (bicyclic) bond motifs is 4. The monoisotopic (exact) mass is 1010 g/mol. The fraction of sp³-hybridized carbons (Fsp3) is 0.292. The van der Waals surface area contributed by atoms with Crippen LogP contribution in [0.1, 0.15) is 44.6 Å². The zero-order valence-corrected chi connectivity index (χ0v) is 41.2. The van der Waals surface area contributed by atoms with Crippen LogP contribution in [-0.2, 0) is 7.05 Å². The standard InChI is InChI=1S/C17H16N6OS.C16H18N6S.C15H14ClN5S/c1-22-14-15(19-7-6-18-14)23(17(22)24)11-8-10(9-11)20-16-21-12-4-2-3-5-13(12)25-16;1-17-14-15(19-7-6-18-14)20-10-8-11(9-10)21-16-22-12-4-2-3-5-13(12)23-16;16-13-14(18-6-5-17-13)19-9-7-10(8-9)20-15-21-11-3-1-2-4-12(11)22-15/h2-7,10-11H,8-9H2,1H3,(H,20,21);2-7,10-11H,8-9H2,1H3,(H,17,18)(H,19,20)(H,21,22);1-6,9-10H,7-8H2,(H,18,19)(H,20,21). The molecule has 356 valence electrons. The van der Waals surface area contributed by atoms with Crippen molar-refractivity contribution in [1.29, 1.82) is 0 Å². The summed E-state index contributed by atoms with van der Waals surface area (Å²) in [7, 11) is 3.60. The summed E-state index contributed by atoms with van der Waals surface area (Å²) >= 11 is 11.1. The molecule has 7 aromatic heterocycles. The normalized spacial score (nSPS) is 20.2. The fourth-order valence-corrected chi connectivity index (χ4v) is 11.8. The molecule has 7 heterocycles. The molecule has 0 unspecified atom stereocenters. The predicted molar refractivity (Wildman–Crippen MR) is 284 cm³/mol. The number of rotatable bonds is 12. The number of nitrogens with one attached hydrogen (secondary N) is 6. The van der Waals surface area contributed by atoms with Crippen molar-refractivity contribution in [2.45, 2.75) is 74.8 Å². The average Bonchev–Trinajstić information content (AvgIpc) is 4.13. The molecule has 0 aliphatic heterocycles. The van der Waals surface area contributed by atoms with E-state index >= 15 is 0 Å². The number of para-hydroxylation sites is 3. The molecule has 3 aliphatic carbocycles. The van der Waals surface area contributed by atoms with Gasteiger partial charge in [-0.25, -0.2) is 49.7 Å². The molecule has 3 aliphatic rings. The largest absolute Gasteiger partial charge is 0.370 e. The molecule has 3 aromatic carbocycles. The second kappa shape index (κ2) is 20.1. The van der Waals surface area contributed by atoms with E-state index in [1.807, 2.05) is 55.6 Å². The molecule has 13 rings (SSSR count). The molecule has 10 aromatic rings. The van der Waals surface area contributed by atoms with Crippen molar-refractivity contribution >= 4 is 120 Å². The maximum atomic E-state index is 12.5. The summed E-state index contributed by atoms with van der Waals surface area (Å²) in [6, 6.07) is 26.7. The van der Waals surface area contributed by atoms with Crippen molar-refractivity contribution in [3.8, 4) is 0 Å². The van der Waals surface area contributed by atoms with E-state index in [0.29, 0.717) is 52.5 Å². The summed E-state index contributed by atoms with van der Waals surface area (Å²) in [6.07, 6.45) is 15.8. The molecule has 0 bridgehead atoms. The molecule has 6 N–H and O–H groups in total. The summed E-state index contributed by atoms with van der Waals surface area (Å²) in [5.74, 6) is 2.26. The van der Waals surface area contributed by atoms with Crippen LogP contribution in [-0.4, -0.2) is 91.2 Å². The lowest BCUT2D eigenvalue weighted by atomic mass is 9.86. The minimum Gasteiger partial charge on any atom is -0.370 e. The lowest BCUT2D eigenvalue weighted by Gasteiger charge is -2.36. The number of aryl methyl sites for hydroxylation is 1. The summed E-state index contributed by atoms with van der Waals surface area (Å²) in [5, 5.41) is 23.7. The third kappa shape index (κ3) is 9.87. The van der Waals surface area contributed by atoms with E-state index in [9.17, 15) is 4.79 Å². The van der Waals surface area contributed by atoms with Crippen LogP contribution in [0.25, 0.3) is 41.9 Å². The SMILES string of the molecule is CNc1nccnc1NC1CC(Nc2nc3ccccc3s2)C1.Clc1nccnc1NC1CC(Nc2nc3ccccc3s2)C1.Cn1c(=O)n(C2CC(Nc3nc4ccccc4s3)C2)c2nccnc21. The smallest absolute Gasteiger partial charge is 0.331 e. The molecule has 18 nitrogen and oxygen atoms in total. The highest BCUT2D eigenvalue weighted by molar-refractivity contribution is 7.22. The Morgan fingerprint density at radius 3 is 1.39 bits per heavy atom. The van der Waals surface area contributed by atoms with E-state index in [0.717, 1.165) is 82.1 Å². The Labute approximate surface area is 418 Å². The Morgan fingerprint density at radius 2 is 0.900 bits per heavy atom. The number of nitrogens with zero attached hydrogens (tertiary/aromatic N) is 11. The first-order chi connectivity index (χ1) is 34.3. The van der Waals surface area contributed by atoms with E-state index in [-0.39, 0.29) is 11.7 Å². The molecular weight excluding hydrogens is 962 g/mol. The van der Waals surface area contributed by atoms with Crippen LogP contribution in [0.2, 0.25) is 5.15 Å². The first-order valence-corrected chi connectivity index (χ1v) is 25.9. The van der Waals surface area contributed by atoms with Crippen LogP contribution in [0.15, 0.2) is 115 Å². The number of hydrogen-bond acceptors (Lipinski definition) is 19. The number of imidazole rings is 1. The van der Waals surface area contributed by atoms with Gasteiger partial charge in [0.05, 0.1) is 30.6 Å². The Kier molecular flexibility index (Phi) is 13.0. The number of aromatic nitrogens is 11. The number of benzene rings is 3. The third-order valence-corrected chi connectivity index (χ3v) is 15.8. The van der Waals surface area contributed by atoms with Crippen LogP contribution in [0.5, 0.6) is 0 Å². The van der Waals surface area contributed by atoms with Gasteiger partial charge in [0.25, 0.3) is 0 Å². The van der Waals surface area contributed by atoms with E-state index in [1.54, 1.807) is 87.4 Å². The first-order valence-electron chi connectivity index (χ1n) is 23.0. The van der Waals surface area contributed by atoms with Crippen molar-refractivity contribution in [3.05, 3.63) is 126 Å². The van der Waals surface area contributed by atoms with Crippen molar-refractivity contribution in [3.63, 3.8) is 0 Å². The average molecular weight is 1010 g/mol. The van der Waals surface area contributed by atoms with Crippen molar-refractivity contribution < 1.29 is 0 Å². The van der Waals surface area contributed by atoms with Crippen LogP contribution >= 0.6 is 45.6 Å². The number of hydrogen-bond donors (Lipinski definition) is 6. The molecule has 0 radical (unpaired) electrons. The topological polar surface area (TPSA) is 215 Å². The highest BCUT2D eigenvalue weighted by Gasteiger charge is 2.35. The van der Waals surface area contributed by atoms with E-state index in [2.05, 4.69) is 101 Å². The highest BCUT2D eigenvalue weighted by atomic mass is 35.5. The third-order valence-electron chi connectivity index (χ3n) is 12.6. The zero-order valence-electron chi connectivity index (χ0n) is 38.0. The van der Waals surface area contributed by atoms with Crippen molar-refractivity contribution in [2.24, 2.45) is 7.05 Å². The minimum atomic E-state index is -0.0513. The second-order valence-electron chi connectivity index (χ2n) is 17.3. The Morgan fingerprint density at radius 1 is 0.500 bits per heavy atom. The predicted octanol–water partition coefficient (Wildman–Crippen LogP) is 9.53. The van der Waals surface area contributed by atoms with Gasteiger partial charge in [-0.1, -0.05) is 82.0 Å². The van der Waals surface area contributed by atoms with Gasteiger partial charge < -0.3 is 31.9 Å². The van der Waals surface area contributed by atoms with Gasteiger partial charge in [0.15, 0.2) is 49.3 Å². The second-order valence-corrected chi connectivity index (χ2v) is 20.8. The molecule has 0 amide bonds. The van der Waals surface area contributed by atoms with Gasteiger partial charge in [-0.3, -0.25) is 9.13 Å². The maximum absolute atomic E-state index is 12.5. The van der Waals surface area contributed by atoms with Crippen LogP contribution in [0, 0.1) is 0 Å². The number of thiazole rings is 3. The lowest BCUT2D eigenvalue weighted by molar-refractivity contribution is 0.280. The van der Waals surface area contributed by atoms with E-state index in [1.165, 1.54) is 14.1 Å². The minimum absolute atomic E-state index is 0.0513. The summed E-state index contributed by atoms with van der Waals surface area (Å²) in [6.45, 7) is 0. The zero-order chi connectivity index (χ0) is 47.6. The fourth-order valence-electron chi connectivity index (χ4n) is 8.78. The summed E-state index contributed by atoms with van der Waals surface area (Å²) in [4.78, 5) is 51.8. The van der Waals surface area contributed by atoms with Crippen LogP contribution in [0.4, 0.5) is 32.8 Å². The maximum Gasteiger partial charge on any atom is 0.331 e. The van der Waals surface area contributed by atoms with Crippen molar-refractivity contribution in [2.75, 3.05) is 38.9 Å². The van der Waals surface area contributed by atoms with Gasteiger partial charge in [-0.05, 0) is 74.9 Å². The van der Waals surface area contributed by atoms with Crippen LogP contribution < -0.4 is 37.6 Å². The highest BCUT2D eigenvalue weighted by Crippen LogP contribution is 2.37. The number of anilines is 6. The quantitative estimate of drug-likeness (QED) is 0.0672. The van der Waals surface area contributed by atoms with Gasteiger partial charge in [-0.2, -0.15) is 0 Å². The van der Waals surface area contributed by atoms with E-state index in [4.69, 9.17) is 11.6 Å². The van der Waals surface area contributed by atoms with Gasteiger partial charge in [-0.15, -0.1) is 0 Å². The number of halogens is 1. The molecule has 70 heavy (non-hydrogen) atoms.